The number of rotatable bonds is 7. The first-order valence-electron chi connectivity index (χ1n) is 9.59. The second kappa shape index (κ2) is 9.01. The van der Waals surface area contributed by atoms with E-state index in [2.05, 4.69) is 6.58 Å². The van der Waals surface area contributed by atoms with Crippen molar-refractivity contribution in [2.24, 2.45) is 5.92 Å². The van der Waals surface area contributed by atoms with E-state index in [0.717, 1.165) is 40.7 Å². The lowest BCUT2D eigenvalue weighted by atomic mass is 9.89. The van der Waals surface area contributed by atoms with Crippen molar-refractivity contribution in [3.8, 4) is 0 Å². The molecule has 1 N–H and O–H groups in total. The molecule has 1 saturated carbocycles. The minimum atomic E-state index is -0.988. The van der Waals surface area contributed by atoms with Crippen molar-refractivity contribution in [3.63, 3.8) is 0 Å². The lowest BCUT2D eigenvalue weighted by molar-refractivity contribution is -0.132. The smallest absolute Gasteiger partial charge is 0.335 e. The molecule has 0 radical (unpaired) electrons. The molecule has 1 fully saturated rings. The van der Waals surface area contributed by atoms with Crippen LogP contribution < -0.4 is 0 Å². The first-order chi connectivity index (χ1) is 13.2. The molecule has 0 amide bonds. The number of carbonyl (C=O) groups is 1. The molecule has 0 aromatic heterocycles. The van der Waals surface area contributed by atoms with Crippen LogP contribution in [0.3, 0.4) is 0 Å². The quantitative estimate of drug-likeness (QED) is 0.410. The van der Waals surface area contributed by atoms with Crippen molar-refractivity contribution in [1.82, 2.24) is 0 Å². The van der Waals surface area contributed by atoms with Crippen molar-refractivity contribution in [1.29, 1.82) is 0 Å². The van der Waals surface area contributed by atoms with Crippen LogP contribution in [0.4, 0.5) is 4.39 Å². The SMILES string of the molecule is C=C(C)\C(=C/C(=C(C)/C(C)=C(\C(F)=C/C)c1ccc(C)cc1)C1CC1)C(=O)O. The second-order valence-electron chi connectivity index (χ2n) is 7.50. The van der Waals surface area contributed by atoms with Gasteiger partial charge in [0.05, 0.1) is 5.57 Å². The highest BCUT2D eigenvalue weighted by molar-refractivity contribution is 5.92. The van der Waals surface area contributed by atoms with Gasteiger partial charge in [-0.05, 0) is 87.3 Å². The molecule has 0 saturated heterocycles. The monoisotopic (exact) mass is 380 g/mol. The lowest BCUT2D eigenvalue weighted by Gasteiger charge is -2.16. The predicted octanol–water partition coefficient (Wildman–Crippen LogP) is 6.96. The number of aryl methyl sites for hydroxylation is 1. The Labute approximate surface area is 167 Å². The zero-order valence-corrected chi connectivity index (χ0v) is 17.4. The Bertz CT molecular complexity index is 888. The molecule has 0 heterocycles. The van der Waals surface area contributed by atoms with Gasteiger partial charge in [-0.2, -0.15) is 0 Å². The number of hydrogen-bond acceptors (Lipinski definition) is 1. The molecule has 0 atom stereocenters. The highest BCUT2D eigenvalue weighted by Crippen LogP contribution is 2.42. The number of benzene rings is 1. The van der Waals surface area contributed by atoms with E-state index in [1.54, 1.807) is 19.9 Å². The van der Waals surface area contributed by atoms with Crippen molar-refractivity contribution in [2.75, 3.05) is 0 Å². The molecule has 2 rings (SSSR count). The standard InChI is InChI=1S/C25H29FO2/c1-7-23(26)24(20-10-8-16(4)9-11-20)18(6)17(5)22(19-12-13-19)14-21(15(2)3)25(27)28/h7-11,14,19H,2,12-13H2,1,3-6H3,(H,27,28)/b21-14+,22-17-,23-7+,24-18-. The molecule has 0 aliphatic heterocycles. The van der Waals surface area contributed by atoms with Gasteiger partial charge in [-0.1, -0.05) is 42.5 Å². The largest absolute Gasteiger partial charge is 0.478 e. The van der Waals surface area contributed by atoms with Crippen molar-refractivity contribution >= 4 is 11.5 Å². The van der Waals surface area contributed by atoms with Gasteiger partial charge in [-0.15, -0.1) is 0 Å². The molecular formula is C25H29FO2. The summed E-state index contributed by atoms with van der Waals surface area (Å²) in [5, 5.41) is 9.52. The Morgan fingerprint density at radius 3 is 2.14 bits per heavy atom. The van der Waals surface area contributed by atoms with Crippen molar-refractivity contribution < 1.29 is 14.3 Å². The van der Waals surface area contributed by atoms with Gasteiger partial charge in [-0.3, -0.25) is 0 Å². The fourth-order valence-electron chi connectivity index (χ4n) is 3.25. The van der Waals surface area contributed by atoms with E-state index in [4.69, 9.17) is 0 Å². The summed E-state index contributed by atoms with van der Waals surface area (Å²) in [4.78, 5) is 11.6. The predicted molar refractivity (Wildman–Crippen MR) is 115 cm³/mol. The molecule has 0 spiro atoms. The van der Waals surface area contributed by atoms with Crippen molar-refractivity contribution in [3.05, 3.63) is 87.8 Å². The average Bonchev–Trinajstić information content (AvgIpc) is 3.47. The Morgan fingerprint density at radius 1 is 1.14 bits per heavy atom. The average molecular weight is 381 g/mol. The number of halogens is 1. The van der Waals surface area contributed by atoms with E-state index in [-0.39, 0.29) is 11.4 Å². The molecule has 28 heavy (non-hydrogen) atoms. The zero-order valence-electron chi connectivity index (χ0n) is 17.4. The van der Waals surface area contributed by atoms with Crippen molar-refractivity contribution in [2.45, 2.75) is 47.5 Å². The topological polar surface area (TPSA) is 37.3 Å². The number of carboxylic acid groups (broad SMARTS) is 1. The van der Waals surface area contributed by atoms with Gasteiger partial charge in [0.25, 0.3) is 0 Å². The molecule has 3 heteroatoms. The highest BCUT2D eigenvalue weighted by Gasteiger charge is 2.28. The fraction of sp³-hybridized carbons (Fsp3) is 0.320. The summed E-state index contributed by atoms with van der Waals surface area (Å²) in [5.41, 5.74) is 5.92. The van der Waals surface area contributed by atoms with Gasteiger partial charge in [0.15, 0.2) is 0 Å². The summed E-state index contributed by atoms with van der Waals surface area (Å²) in [7, 11) is 0. The minimum Gasteiger partial charge on any atom is -0.478 e. The molecule has 1 aliphatic carbocycles. The normalized spacial score (nSPS) is 17.1. The third-order valence-electron chi connectivity index (χ3n) is 5.21. The number of hydrogen-bond donors (Lipinski definition) is 1. The van der Waals surface area contributed by atoms with E-state index < -0.39 is 5.97 Å². The van der Waals surface area contributed by atoms with E-state index in [1.165, 1.54) is 6.08 Å². The number of aliphatic carboxylic acids is 1. The molecule has 1 aromatic carbocycles. The second-order valence-corrected chi connectivity index (χ2v) is 7.50. The van der Waals surface area contributed by atoms with Crippen LogP contribution in [0.2, 0.25) is 0 Å². The third-order valence-corrected chi connectivity index (χ3v) is 5.21. The summed E-state index contributed by atoms with van der Waals surface area (Å²) < 4.78 is 14.8. The number of carboxylic acids is 1. The Morgan fingerprint density at radius 2 is 1.71 bits per heavy atom. The Hall–Kier alpha value is -2.68. The van der Waals surface area contributed by atoms with Crippen LogP contribution in [-0.2, 0) is 4.79 Å². The molecule has 148 valence electrons. The molecule has 1 aromatic rings. The first kappa shape index (κ1) is 21.6. The zero-order chi connectivity index (χ0) is 21.0. The minimum absolute atomic E-state index is 0.206. The molecule has 1 aliphatic rings. The molecular weight excluding hydrogens is 351 g/mol. The summed E-state index contributed by atoms with van der Waals surface area (Å²) in [6.07, 6.45) is 5.23. The fourth-order valence-corrected chi connectivity index (χ4v) is 3.25. The van der Waals surface area contributed by atoms with Crippen LogP contribution in [0.15, 0.2) is 76.7 Å². The van der Waals surface area contributed by atoms with Gasteiger partial charge in [0.2, 0.25) is 0 Å². The van der Waals surface area contributed by atoms with Crippen LogP contribution in [-0.4, -0.2) is 11.1 Å². The maximum absolute atomic E-state index is 14.8. The Balaban J connectivity index is 2.72. The van der Waals surface area contributed by atoms with Gasteiger partial charge < -0.3 is 5.11 Å². The van der Waals surface area contributed by atoms with Gasteiger partial charge in [-0.25, -0.2) is 9.18 Å². The maximum Gasteiger partial charge on any atom is 0.335 e. The van der Waals surface area contributed by atoms with Crippen LogP contribution in [0.1, 0.15) is 51.7 Å². The molecule has 2 nitrogen and oxygen atoms in total. The maximum atomic E-state index is 14.8. The van der Waals surface area contributed by atoms with Crippen LogP contribution in [0.5, 0.6) is 0 Å². The van der Waals surface area contributed by atoms with Crippen LogP contribution in [0, 0.1) is 12.8 Å². The van der Waals surface area contributed by atoms with Gasteiger partial charge >= 0.3 is 5.97 Å². The summed E-state index contributed by atoms with van der Waals surface area (Å²) in [6.45, 7) is 13.0. The van der Waals surface area contributed by atoms with E-state index >= 15 is 0 Å². The third kappa shape index (κ3) is 4.98. The highest BCUT2D eigenvalue weighted by atomic mass is 19.1. The van der Waals surface area contributed by atoms with E-state index in [9.17, 15) is 14.3 Å². The summed E-state index contributed by atoms with van der Waals surface area (Å²) in [5.74, 6) is -0.951. The van der Waals surface area contributed by atoms with E-state index in [0.29, 0.717) is 17.1 Å². The summed E-state index contributed by atoms with van der Waals surface area (Å²) in [6, 6.07) is 7.79. The summed E-state index contributed by atoms with van der Waals surface area (Å²) >= 11 is 0. The van der Waals surface area contributed by atoms with E-state index in [1.807, 2.05) is 45.0 Å². The first-order valence-corrected chi connectivity index (χ1v) is 9.59. The lowest BCUT2D eigenvalue weighted by Crippen LogP contribution is -2.04. The number of allylic oxidation sites excluding steroid dienone is 7. The Kier molecular flexibility index (Phi) is 6.95. The molecule has 0 unspecified atom stereocenters. The van der Waals surface area contributed by atoms with Gasteiger partial charge in [0, 0.05) is 5.57 Å². The van der Waals surface area contributed by atoms with Crippen LogP contribution in [0.25, 0.3) is 5.57 Å². The van der Waals surface area contributed by atoms with Crippen LogP contribution >= 0.6 is 0 Å². The molecule has 0 bridgehead atoms. The van der Waals surface area contributed by atoms with Gasteiger partial charge in [0.1, 0.15) is 5.83 Å².